The summed E-state index contributed by atoms with van der Waals surface area (Å²) in [5.41, 5.74) is 1.06. The molecular weight excluding hydrogens is 170 g/mol. The number of nitrogens with zero attached hydrogens (tertiary/aromatic N) is 1. The molecule has 0 aliphatic rings. The second kappa shape index (κ2) is 3.05. The van der Waals surface area contributed by atoms with Gasteiger partial charge in [-0.3, -0.25) is 4.79 Å². The first-order chi connectivity index (χ1) is 5.95. The van der Waals surface area contributed by atoms with Gasteiger partial charge in [-0.15, -0.1) is 0 Å². The van der Waals surface area contributed by atoms with Crippen molar-refractivity contribution in [3.8, 4) is 0 Å². The molecule has 4 heteroatoms. The van der Waals surface area contributed by atoms with Crippen LogP contribution in [-0.4, -0.2) is 15.6 Å². The Labute approximate surface area is 75.4 Å². The lowest BCUT2D eigenvalue weighted by atomic mass is 10.1. The van der Waals surface area contributed by atoms with Gasteiger partial charge in [0.05, 0.1) is 5.56 Å². The highest BCUT2D eigenvalue weighted by Gasteiger charge is 2.12. The molecule has 0 unspecified atom stereocenters. The number of hydrogen-bond acceptors (Lipinski definition) is 2. The lowest BCUT2D eigenvalue weighted by molar-refractivity contribution is 0.0695. The van der Waals surface area contributed by atoms with Crippen molar-refractivity contribution in [1.29, 1.82) is 0 Å². The molecule has 70 valence electrons. The molecule has 0 atom stereocenters. The van der Waals surface area contributed by atoms with Crippen molar-refractivity contribution in [2.75, 3.05) is 0 Å². The van der Waals surface area contributed by atoms with Gasteiger partial charge in [0.1, 0.15) is 0 Å². The van der Waals surface area contributed by atoms with Gasteiger partial charge >= 0.3 is 5.97 Å². The maximum absolute atomic E-state index is 11.3. The Morgan fingerprint density at radius 2 is 1.92 bits per heavy atom. The number of aromatic nitrogens is 1. The van der Waals surface area contributed by atoms with Gasteiger partial charge in [-0.1, -0.05) is 0 Å². The minimum absolute atomic E-state index is 0.150. The van der Waals surface area contributed by atoms with E-state index in [2.05, 4.69) is 0 Å². The van der Waals surface area contributed by atoms with Crippen molar-refractivity contribution in [1.82, 2.24) is 4.57 Å². The first-order valence-corrected chi connectivity index (χ1v) is 3.85. The summed E-state index contributed by atoms with van der Waals surface area (Å²) in [4.78, 5) is 22.1. The molecule has 0 spiro atoms. The van der Waals surface area contributed by atoms with Crippen LogP contribution in [0, 0.1) is 13.8 Å². The molecule has 13 heavy (non-hydrogen) atoms. The van der Waals surface area contributed by atoms with E-state index < -0.39 is 5.97 Å². The SMILES string of the molecule is Cc1c(C(=O)O)cn(C)c(=O)c1C. The number of carboxylic acids is 1. The molecule has 0 saturated carbocycles. The average molecular weight is 181 g/mol. The highest BCUT2D eigenvalue weighted by molar-refractivity contribution is 5.89. The quantitative estimate of drug-likeness (QED) is 0.693. The Balaban J connectivity index is 3.60. The van der Waals surface area contributed by atoms with Crippen molar-refractivity contribution in [3.05, 3.63) is 33.2 Å². The van der Waals surface area contributed by atoms with Crippen molar-refractivity contribution in [2.24, 2.45) is 7.05 Å². The van der Waals surface area contributed by atoms with Gasteiger partial charge in [-0.25, -0.2) is 4.79 Å². The molecule has 0 saturated heterocycles. The lowest BCUT2D eigenvalue weighted by Crippen LogP contribution is -2.22. The van der Waals surface area contributed by atoms with E-state index in [0.29, 0.717) is 11.1 Å². The monoisotopic (exact) mass is 181 g/mol. The van der Waals surface area contributed by atoms with Crippen LogP contribution < -0.4 is 5.56 Å². The average Bonchev–Trinajstić information content (AvgIpc) is 2.07. The summed E-state index contributed by atoms with van der Waals surface area (Å²) in [6.45, 7) is 3.27. The van der Waals surface area contributed by atoms with Crippen LogP contribution in [0.5, 0.6) is 0 Å². The molecule has 0 bridgehead atoms. The minimum Gasteiger partial charge on any atom is -0.478 e. The molecule has 1 heterocycles. The first kappa shape index (κ1) is 9.51. The summed E-state index contributed by atoms with van der Waals surface area (Å²) >= 11 is 0. The Hall–Kier alpha value is -1.58. The standard InChI is InChI=1S/C9H11NO3/c1-5-6(2)8(11)10(3)4-7(5)9(12)13/h4H,1-3H3,(H,12,13). The number of aryl methyl sites for hydroxylation is 1. The number of rotatable bonds is 1. The third-order valence-electron chi connectivity index (χ3n) is 2.16. The van der Waals surface area contributed by atoms with E-state index >= 15 is 0 Å². The Bertz CT molecular complexity index is 418. The summed E-state index contributed by atoms with van der Waals surface area (Å²) in [5, 5.41) is 8.79. The van der Waals surface area contributed by atoms with Gasteiger partial charge in [-0.2, -0.15) is 0 Å². The molecule has 1 N–H and O–H groups in total. The number of pyridine rings is 1. The topological polar surface area (TPSA) is 59.3 Å². The summed E-state index contributed by atoms with van der Waals surface area (Å²) in [7, 11) is 1.54. The largest absolute Gasteiger partial charge is 0.478 e. The summed E-state index contributed by atoms with van der Waals surface area (Å²) in [5.74, 6) is -1.00. The van der Waals surface area contributed by atoms with Gasteiger partial charge in [0.15, 0.2) is 0 Å². The number of aromatic carboxylic acids is 1. The van der Waals surface area contributed by atoms with Crippen LogP contribution >= 0.6 is 0 Å². The Morgan fingerprint density at radius 3 is 2.38 bits per heavy atom. The molecule has 1 aromatic heterocycles. The zero-order valence-corrected chi connectivity index (χ0v) is 7.79. The van der Waals surface area contributed by atoms with Crippen molar-refractivity contribution >= 4 is 5.97 Å². The van der Waals surface area contributed by atoms with Crippen molar-refractivity contribution in [3.63, 3.8) is 0 Å². The van der Waals surface area contributed by atoms with Crippen LogP contribution in [0.15, 0.2) is 11.0 Å². The third-order valence-corrected chi connectivity index (χ3v) is 2.16. The van der Waals surface area contributed by atoms with E-state index in [1.807, 2.05) is 0 Å². The molecule has 1 aromatic rings. The zero-order valence-electron chi connectivity index (χ0n) is 7.79. The Kier molecular flexibility index (Phi) is 2.23. The fourth-order valence-electron chi connectivity index (χ4n) is 1.19. The van der Waals surface area contributed by atoms with Crippen LogP contribution in [0.4, 0.5) is 0 Å². The van der Waals surface area contributed by atoms with Crippen LogP contribution in [0.1, 0.15) is 21.5 Å². The van der Waals surface area contributed by atoms with E-state index in [4.69, 9.17) is 5.11 Å². The number of carboxylic acid groups (broad SMARTS) is 1. The van der Waals surface area contributed by atoms with Gasteiger partial charge in [-0.05, 0) is 19.4 Å². The van der Waals surface area contributed by atoms with E-state index in [1.165, 1.54) is 10.8 Å². The summed E-state index contributed by atoms with van der Waals surface area (Å²) < 4.78 is 1.28. The van der Waals surface area contributed by atoms with Crippen molar-refractivity contribution < 1.29 is 9.90 Å². The smallest absolute Gasteiger partial charge is 0.337 e. The molecule has 0 radical (unpaired) electrons. The predicted octanol–water partition coefficient (Wildman–Crippen LogP) is 0.700. The van der Waals surface area contributed by atoms with Gasteiger partial charge in [0.25, 0.3) is 5.56 Å². The number of hydrogen-bond donors (Lipinski definition) is 1. The van der Waals surface area contributed by atoms with E-state index in [-0.39, 0.29) is 11.1 Å². The van der Waals surface area contributed by atoms with Crippen LogP contribution in [0.25, 0.3) is 0 Å². The maximum atomic E-state index is 11.3. The molecule has 0 aliphatic carbocycles. The molecule has 0 aromatic carbocycles. The van der Waals surface area contributed by atoms with Crippen LogP contribution in [0.2, 0.25) is 0 Å². The summed E-state index contributed by atoms with van der Waals surface area (Å²) in [6.07, 6.45) is 1.34. The van der Waals surface area contributed by atoms with Gasteiger partial charge in [0, 0.05) is 18.8 Å². The molecule has 1 rings (SSSR count). The van der Waals surface area contributed by atoms with E-state index in [1.54, 1.807) is 20.9 Å². The minimum atomic E-state index is -1.00. The van der Waals surface area contributed by atoms with E-state index in [9.17, 15) is 9.59 Å². The van der Waals surface area contributed by atoms with Crippen LogP contribution in [0.3, 0.4) is 0 Å². The molecular formula is C9H11NO3. The normalized spacial score (nSPS) is 10.1. The highest BCUT2D eigenvalue weighted by atomic mass is 16.4. The maximum Gasteiger partial charge on any atom is 0.337 e. The predicted molar refractivity (Wildman–Crippen MR) is 48.1 cm³/mol. The molecule has 0 amide bonds. The second-order valence-electron chi connectivity index (χ2n) is 3.01. The fourth-order valence-corrected chi connectivity index (χ4v) is 1.19. The van der Waals surface area contributed by atoms with Crippen LogP contribution in [-0.2, 0) is 7.05 Å². The van der Waals surface area contributed by atoms with Gasteiger partial charge in [0.2, 0.25) is 0 Å². The third kappa shape index (κ3) is 1.47. The Morgan fingerprint density at radius 1 is 1.38 bits per heavy atom. The second-order valence-corrected chi connectivity index (χ2v) is 3.01. The first-order valence-electron chi connectivity index (χ1n) is 3.85. The van der Waals surface area contributed by atoms with E-state index in [0.717, 1.165) is 0 Å². The molecule has 0 aliphatic heterocycles. The molecule has 0 fully saturated rings. The summed E-state index contributed by atoms with van der Waals surface area (Å²) in [6, 6.07) is 0. The van der Waals surface area contributed by atoms with Gasteiger partial charge < -0.3 is 9.67 Å². The highest BCUT2D eigenvalue weighted by Crippen LogP contribution is 2.08. The van der Waals surface area contributed by atoms with Crippen molar-refractivity contribution in [2.45, 2.75) is 13.8 Å². The molecule has 4 nitrogen and oxygen atoms in total. The zero-order chi connectivity index (χ0) is 10.2. The lowest BCUT2D eigenvalue weighted by Gasteiger charge is -2.06. The fraction of sp³-hybridized carbons (Fsp3) is 0.333. The number of carbonyl (C=O) groups is 1.